The normalized spacial score (nSPS) is 14.3. The monoisotopic (exact) mass is 379 g/mol. The fraction of sp³-hybridized carbons (Fsp3) is 0.318. The lowest BCUT2D eigenvalue weighted by Crippen LogP contribution is -2.26. The minimum absolute atomic E-state index is 0.108. The minimum Gasteiger partial charge on any atom is -0.483 e. The van der Waals surface area contributed by atoms with E-state index < -0.39 is 0 Å². The fourth-order valence-electron chi connectivity index (χ4n) is 3.07. The van der Waals surface area contributed by atoms with E-state index in [2.05, 4.69) is 10.5 Å². The molecule has 6 nitrogen and oxygen atoms in total. The van der Waals surface area contributed by atoms with Gasteiger partial charge in [0.15, 0.2) is 6.61 Å². The van der Waals surface area contributed by atoms with Gasteiger partial charge in [-0.05, 0) is 62.1 Å². The molecular formula is C22H25N3O3. The maximum Gasteiger partial charge on any atom is 0.277 e. The Balaban J connectivity index is 1.60. The lowest BCUT2D eigenvalue weighted by Gasteiger charge is -2.16. The highest BCUT2D eigenvalue weighted by Gasteiger charge is 2.21. The van der Waals surface area contributed by atoms with Crippen LogP contribution in [-0.4, -0.2) is 30.7 Å². The highest BCUT2D eigenvalue weighted by Crippen LogP contribution is 2.22. The Kier molecular flexibility index (Phi) is 6.09. The van der Waals surface area contributed by atoms with Gasteiger partial charge in [0.05, 0.1) is 5.71 Å². The molecule has 0 saturated carbocycles. The summed E-state index contributed by atoms with van der Waals surface area (Å²) in [4.78, 5) is 25.8. The van der Waals surface area contributed by atoms with E-state index in [1.165, 1.54) is 0 Å². The van der Waals surface area contributed by atoms with E-state index in [1.807, 2.05) is 63.2 Å². The molecule has 2 aromatic carbocycles. The van der Waals surface area contributed by atoms with Crippen LogP contribution in [0, 0.1) is 13.8 Å². The number of hydrazone groups is 1. The molecule has 2 aromatic rings. The first-order valence-electron chi connectivity index (χ1n) is 9.38. The first kappa shape index (κ1) is 19.6. The van der Waals surface area contributed by atoms with Gasteiger partial charge in [-0.3, -0.25) is 9.59 Å². The van der Waals surface area contributed by atoms with Gasteiger partial charge in [0.2, 0.25) is 5.91 Å². The molecule has 3 rings (SSSR count). The first-order chi connectivity index (χ1) is 13.4. The number of hydrogen-bond acceptors (Lipinski definition) is 4. The highest BCUT2D eigenvalue weighted by atomic mass is 16.5. The molecule has 6 heteroatoms. The van der Waals surface area contributed by atoms with Crippen molar-refractivity contribution in [1.82, 2.24) is 5.43 Å². The summed E-state index contributed by atoms with van der Waals surface area (Å²) in [6.07, 6.45) is 1.47. The smallest absolute Gasteiger partial charge is 0.277 e. The van der Waals surface area contributed by atoms with Crippen LogP contribution < -0.4 is 15.1 Å². The van der Waals surface area contributed by atoms with Crippen LogP contribution in [-0.2, 0) is 9.59 Å². The molecule has 1 saturated heterocycles. The standard InChI is InChI=1S/C22H25N3O3/c1-15-9-10-16(2)20(12-15)28-14-21(26)24-23-17(3)18-6-4-7-19(13-18)25-11-5-8-22(25)27/h4,6-7,9-10,12-13H,5,8,11,14H2,1-3H3,(H,24,26)/b23-17-. The van der Waals surface area contributed by atoms with E-state index >= 15 is 0 Å². The maximum absolute atomic E-state index is 12.1. The van der Waals surface area contributed by atoms with Crippen molar-refractivity contribution in [2.24, 2.45) is 5.10 Å². The van der Waals surface area contributed by atoms with Crippen LogP contribution in [0.15, 0.2) is 47.6 Å². The molecule has 1 aliphatic heterocycles. The molecule has 0 radical (unpaired) electrons. The minimum atomic E-state index is -0.328. The quantitative estimate of drug-likeness (QED) is 0.618. The number of nitrogens with zero attached hydrogens (tertiary/aromatic N) is 2. The summed E-state index contributed by atoms with van der Waals surface area (Å²) < 4.78 is 5.59. The Labute approximate surface area is 165 Å². The zero-order valence-electron chi connectivity index (χ0n) is 16.5. The van der Waals surface area contributed by atoms with Gasteiger partial charge in [-0.15, -0.1) is 0 Å². The first-order valence-corrected chi connectivity index (χ1v) is 9.38. The van der Waals surface area contributed by atoms with Crippen molar-refractivity contribution in [3.63, 3.8) is 0 Å². The molecule has 1 fully saturated rings. The van der Waals surface area contributed by atoms with Crippen molar-refractivity contribution in [2.75, 3.05) is 18.1 Å². The lowest BCUT2D eigenvalue weighted by atomic mass is 10.1. The van der Waals surface area contributed by atoms with E-state index in [9.17, 15) is 9.59 Å². The van der Waals surface area contributed by atoms with Crippen LogP contribution in [0.4, 0.5) is 5.69 Å². The number of carbonyl (C=O) groups is 2. The summed E-state index contributed by atoms with van der Waals surface area (Å²) in [5.74, 6) is 0.508. The summed E-state index contributed by atoms with van der Waals surface area (Å²) in [6.45, 7) is 6.36. The third kappa shape index (κ3) is 4.76. The second-order valence-corrected chi connectivity index (χ2v) is 6.99. The van der Waals surface area contributed by atoms with Gasteiger partial charge in [-0.25, -0.2) is 5.43 Å². The van der Waals surface area contributed by atoms with E-state index in [0.717, 1.165) is 35.3 Å². The van der Waals surface area contributed by atoms with Crippen LogP contribution in [0.2, 0.25) is 0 Å². The summed E-state index contributed by atoms with van der Waals surface area (Å²) in [6, 6.07) is 13.5. The van der Waals surface area contributed by atoms with E-state index in [4.69, 9.17) is 4.74 Å². The number of nitrogens with one attached hydrogen (secondary N) is 1. The van der Waals surface area contributed by atoms with E-state index in [1.54, 1.807) is 4.90 Å². The Morgan fingerprint density at radius 1 is 1.21 bits per heavy atom. The number of anilines is 1. The van der Waals surface area contributed by atoms with Crippen molar-refractivity contribution in [1.29, 1.82) is 0 Å². The number of aryl methyl sites for hydroxylation is 2. The Bertz CT molecular complexity index is 921. The van der Waals surface area contributed by atoms with E-state index in [0.29, 0.717) is 17.9 Å². The van der Waals surface area contributed by atoms with Crippen molar-refractivity contribution in [3.05, 3.63) is 59.2 Å². The fourth-order valence-corrected chi connectivity index (χ4v) is 3.07. The van der Waals surface area contributed by atoms with Gasteiger partial charge >= 0.3 is 0 Å². The average molecular weight is 379 g/mol. The second-order valence-electron chi connectivity index (χ2n) is 6.99. The second kappa shape index (κ2) is 8.69. The van der Waals surface area contributed by atoms with Gasteiger partial charge in [-0.1, -0.05) is 24.3 Å². The SMILES string of the molecule is C/C(=N/NC(=O)COc1cc(C)ccc1C)c1cccc(N2CCCC2=O)c1. The molecule has 146 valence electrons. The lowest BCUT2D eigenvalue weighted by molar-refractivity contribution is -0.123. The number of rotatable bonds is 6. The Hall–Kier alpha value is -3.15. The zero-order chi connectivity index (χ0) is 20.1. The molecule has 28 heavy (non-hydrogen) atoms. The van der Waals surface area contributed by atoms with Crippen LogP contribution in [0.25, 0.3) is 0 Å². The summed E-state index contributed by atoms with van der Waals surface area (Å²) >= 11 is 0. The average Bonchev–Trinajstić information content (AvgIpc) is 3.12. The maximum atomic E-state index is 12.1. The summed E-state index contributed by atoms with van der Waals surface area (Å²) in [5.41, 5.74) is 6.96. The molecule has 0 unspecified atom stereocenters. The van der Waals surface area contributed by atoms with Crippen LogP contribution in [0.1, 0.15) is 36.5 Å². The molecule has 0 spiro atoms. The number of benzene rings is 2. The molecule has 1 heterocycles. The van der Waals surface area contributed by atoms with Crippen molar-refractivity contribution in [2.45, 2.75) is 33.6 Å². The number of carbonyl (C=O) groups excluding carboxylic acids is 2. The predicted octanol–water partition coefficient (Wildman–Crippen LogP) is 3.35. The largest absolute Gasteiger partial charge is 0.483 e. The predicted molar refractivity (Wildman–Crippen MR) is 110 cm³/mol. The van der Waals surface area contributed by atoms with Gasteiger partial charge in [0, 0.05) is 18.7 Å². The van der Waals surface area contributed by atoms with Crippen LogP contribution in [0.5, 0.6) is 5.75 Å². The number of amides is 2. The van der Waals surface area contributed by atoms with Crippen molar-refractivity contribution < 1.29 is 14.3 Å². The molecule has 0 bridgehead atoms. The summed E-state index contributed by atoms with van der Waals surface area (Å²) in [5, 5.41) is 4.17. The van der Waals surface area contributed by atoms with Gasteiger partial charge < -0.3 is 9.64 Å². The van der Waals surface area contributed by atoms with E-state index in [-0.39, 0.29) is 18.4 Å². The third-order valence-corrected chi connectivity index (χ3v) is 4.70. The Morgan fingerprint density at radius 2 is 2.04 bits per heavy atom. The zero-order valence-corrected chi connectivity index (χ0v) is 16.5. The molecule has 1 N–H and O–H groups in total. The highest BCUT2D eigenvalue weighted by molar-refractivity contribution is 6.01. The number of ether oxygens (including phenoxy) is 1. The molecular weight excluding hydrogens is 354 g/mol. The van der Waals surface area contributed by atoms with Crippen LogP contribution in [0.3, 0.4) is 0 Å². The van der Waals surface area contributed by atoms with Gasteiger partial charge in [-0.2, -0.15) is 5.10 Å². The topological polar surface area (TPSA) is 71.0 Å². The van der Waals surface area contributed by atoms with Crippen molar-refractivity contribution >= 4 is 23.2 Å². The van der Waals surface area contributed by atoms with Gasteiger partial charge in [0.25, 0.3) is 5.91 Å². The summed E-state index contributed by atoms with van der Waals surface area (Å²) in [7, 11) is 0. The molecule has 2 amide bonds. The van der Waals surface area contributed by atoms with Gasteiger partial charge in [0.1, 0.15) is 5.75 Å². The molecule has 0 aromatic heterocycles. The Morgan fingerprint density at radius 3 is 2.79 bits per heavy atom. The molecule has 1 aliphatic rings. The molecule has 0 aliphatic carbocycles. The van der Waals surface area contributed by atoms with Crippen molar-refractivity contribution in [3.8, 4) is 5.75 Å². The number of hydrogen-bond donors (Lipinski definition) is 1. The third-order valence-electron chi connectivity index (χ3n) is 4.70. The molecule has 0 atom stereocenters. The van der Waals surface area contributed by atoms with Crippen LogP contribution >= 0.6 is 0 Å².